The van der Waals surface area contributed by atoms with Crippen molar-refractivity contribution < 1.29 is 17.7 Å². The van der Waals surface area contributed by atoms with Crippen molar-refractivity contribution in [1.82, 2.24) is 19.6 Å². The smallest absolute Gasteiger partial charge is 0.333 e. The lowest BCUT2D eigenvalue weighted by Crippen LogP contribution is -2.29. The summed E-state index contributed by atoms with van der Waals surface area (Å²) in [4.78, 5) is 10.3. The lowest BCUT2D eigenvalue weighted by Gasteiger charge is -2.18. The van der Waals surface area contributed by atoms with Gasteiger partial charge in [-0.3, -0.25) is 4.18 Å². The molecule has 1 aromatic carbocycles. The zero-order chi connectivity index (χ0) is 23.9. The number of aliphatic hydroxyl groups excluding tert-OH is 1. The minimum Gasteiger partial charge on any atom is -0.391 e. The summed E-state index contributed by atoms with van der Waals surface area (Å²) in [5.74, 6) is 0.537. The molecule has 0 amide bonds. The molecule has 10 nitrogen and oxygen atoms in total. The second-order valence-electron chi connectivity index (χ2n) is 8.35. The summed E-state index contributed by atoms with van der Waals surface area (Å²) in [5.41, 5.74) is 3.23. The molecule has 0 spiro atoms. The van der Waals surface area contributed by atoms with Gasteiger partial charge in [-0.25, -0.2) is 15.1 Å². The second kappa shape index (κ2) is 9.04. The van der Waals surface area contributed by atoms with Crippen molar-refractivity contribution in [3.8, 4) is 22.0 Å². The van der Waals surface area contributed by atoms with Crippen LogP contribution in [0, 0.1) is 12.8 Å². The minimum atomic E-state index is -4.01. The number of nitrogens with two attached hydrogens (primary N) is 1. The molecule has 4 aromatic rings. The molecule has 1 aliphatic rings. The third kappa shape index (κ3) is 4.81. The van der Waals surface area contributed by atoms with Crippen LogP contribution in [0.1, 0.15) is 17.7 Å². The van der Waals surface area contributed by atoms with Crippen LogP contribution in [0.5, 0.6) is 0 Å². The highest BCUT2D eigenvalue weighted by molar-refractivity contribution is 7.84. The van der Waals surface area contributed by atoms with Gasteiger partial charge in [-0.15, -0.1) is 11.3 Å². The first kappa shape index (κ1) is 22.9. The van der Waals surface area contributed by atoms with Crippen molar-refractivity contribution in [3.63, 3.8) is 0 Å². The van der Waals surface area contributed by atoms with E-state index in [9.17, 15) is 13.5 Å². The first-order valence-corrected chi connectivity index (χ1v) is 13.1. The molecule has 34 heavy (non-hydrogen) atoms. The fourth-order valence-corrected chi connectivity index (χ4v) is 5.56. The molecular formula is C22H24N6O4S2. The highest BCUT2D eigenvalue weighted by Gasteiger charge is 2.34. The average molecular weight is 501 g/mol. The monoisotopic (exact) mass is 500 g/mol. The van der Waals surface area contributed by atoms with Crippen LogP contribution in [0.15, 0.2) is 48.7 Å². The molecule has 178 valence electrons. The van der Waals surface area contributed by atoms with Gasteiger partial charge in [0.25, 0.3) is 0 Å². The molecule has 1 aliphatic carbocycles. The normalized spacial score (nSPS) is 20.7. The lowest BCUT2D eigenvalue weighted by molar-refractivity contribution is 0.160. The molecule has 3 aromatic heterocycles. The van der Waals surface area contributed by atoms with Crippen LogP contribution in [-0.4, -0.2) is 51.9 Å². The van der Waals surface area contributed by atoms with Crippen molar-refractivity contribution in [3.05, 3.63) is 53.5 Å². The van der Waals surface area contributed by atoms with E-state index < -0.39 is 16.4 Å². The van der Waals surface area contributed by atoms with Gasteiger partial charge in [-0.1, -0.05) is 30.3 Å². The zero-order valence-corrected chi connectivity index (χ0v) is 20.0. The van der Waals surface area contributed by atoms with Gasteiger partial charge in [0.05, 0.1) is 18.8 Å². The van der Waals surface area contributed by atoms with E-state index in [0.717, 1.165) is 21.1 Å². The average Bonchev–Trinajstić information content (AvgIpc) is 3.49. The lowest BCUT2D eigenvalue weighted by atomic mass is 10.1. The summed E-state index contributed by atoms with van der Waals surface area (Å²) in [6.45, 7) is 1.97. The Balaban J connectivity index is 1.38. The molecule has 5 rings (SSSR count). The molecule has 0 radical (unpaired) electrons. The van der Waals surface area contributed by atoms with E-state index in [1.54, 1.807) is 28.1 Å². The van der Waals surface area contributed by atoms with E-state index in [2.05, 4.69) is 10.3 Å². The van der Waals surface area contributed by atoms with Gasteiger partial charge >= 0.3 is 10.3 Å². The van der Waals surface area contributed by atoms with Crippen LogP contribution in [0.25, 0.3) is 27.6 Å². The number of benzene rings is 1. The Kier molecular flexibility index (Phi) is 6.08. The maximum atomic E-state index is 11.1. The Morgan fingerprint density at radius 3 is 2.82 bits per heavy atom. The minimum absolute atomic E-state index is 0.0569. The summed E-state index contributed by atoms with van der Waals surface area (Å²) in [5, 5.41) is 24.4. The second-order valence-corrected chi connectivity index (χ2v) is 10.8. The third-order valence-corrected chi connectivity index (χ3v) is 7.33. The van der Waals surface area contributed by atoms with E-state index >= 15 is 0 Å². The molecule has 3 heterocycles. The highest BCUT2D eigenvalue weighted by Crippen LogP contribution is 2.34. The van der Waals surface area contributed by atoms with E-state index in [1.807, 2.05) is 43.3 Å². The Labute approximate surface area is 200 Å². The number of nitrogens with zero attached hydrogens (tertiary/aromatic N) is 4. The van der Waals surface area contributed by atoms with Crippen molar-refractivity contribution in [2.75, 3.05) is 11.9 Å². The number of hydrogen-bond donors (Lipinski definition) is 3. The summed E-state index contributed by atoms with van der Waals surface area (Å²) in [6, 6.07) is 13.4. The van der Waals surface area contributed by atoms with Crippen LogP contribution in [0.3, 0.4) is 0 Å². The SMILES string of the molecule is Cc1sc(-c2ccccc2)nc1-c1cc2nccc(N[C@@H]3C[C@H](COS(N)(=O)=O)C[C@H]3O)n2n1. The standard InChI is InChI=1S/C22H24N6O4S2/c1-13-21(26-22(33-13)15-5-3-2-4-6-15)17-11-20-24-8-7-19(28(20)27-17)25-16-9-14(10-18(16)29)12-32-34(23,30)31/h2-8,11,14,16,18,25,29H,9-10,12H2,1H3,(H2,23,30,31)/t14-,16+,18+/m0/s1. The summed E-state index contributed by atoms with van der Waals surface area (Å²) in [7, 11) is -4.01. The van der Waals surface area contributed by atoms with E-state index in [4.69, 9.17) is 19.4 Å². The Hall–Kier alpha value is -2.90. The van der Waals surface area contributed by atoms with Crippen LogP contribution >= 0.6 is 11.3 Å². The number of aromatic nitrogens is 4. The van der Waals surface area contributed by atoms with Crippen LogP contribution in [-0.2, 0) is 14.5 Å². The third-order valence-electron chi connectivity index (χ3n) is 5.85. The van der Waals surface area contributed by atoms with Gasteiger partial charge in [0, 0.05) is 22.7 Å². The van der Waals surface area contributed by atoms with Crippen molar-refractivity contribution >= 4 is 33.1 Å². The molecule has 1 fully saturated rings. The van der Waals surface area contributed by atoms with Crippen molar-refractivity contribution in [2.24, 2.45) is 11.1 Å². The number of rotatable bonds is 7. The predicted octanol–water partition coefficient (Wildman–Crippen LogP) is 2.60. The number of thiazole rings is 1. The Bertz CT molecular complexity index is 1420. The maximum Gasteiger partial charge on any atom is 0.333 e. The van der Waals surface area contributed by atoms with Gasteiger partial charge in [-0.05, 0) is 31.7 Å². The van der Waals surface area contributed by atoms with Crippen LogP contribution in [0.4, 0.5) is 5.82 Å². The van der Waals surface area contributed by atoms with E-state index in [1.165, 1.54) is 0 Å². The number of aryl methyl sites for hydroxylation is 1. The fourth-order valence-electron chi connectivity index (χ4n) is 4.25. The van der Waals surface area contributed by atoms with Gasteiger partial charge in [0.1, 0.15) is 22.2 Å². The first-order valence-electron chi connectivity index (χ1n) is 10.8. The fraction of sp³-hybridized carbons (Fsp3) is 0.318. The number of hydrogen-bond acceptors (Lipinski definition) is 9. The molecule has 3 atom stereocenters. The first-order chi connectivity index (χ1) is 16.3. The molecule has 0 unspecified atom stereocenters. The number of anilines is 1. The molecule has 4 N–H and O–H groups in total. The maximum absolute atomic E-state index is 11.1. The van der Waals surface area contributed by atoms with Crippen LogP contribution in [0.2, 0.25) is 0 Å². The van der Waals surface area contributed by atoms with Crippen molar-refractivity contribution in [1.29, 1.82) is 0 Å². The highest BCUT2D eigenvalue weighted by atomic mass is 32.2. The quantitative estimate of drug-likeness (QED) is 0.351. The largest absolute Gasteiger partial charge is 0.391 e. The predicted molar refractivity (Wildman–Crippen MR) is 129 cm³/mol. The van der Waals surface area contributed by atoms with E-state index in [0.29, 0.717) is 30.0 Å². The van der Waals surface area contributed by atoms with Gasteiger partial charge in [-0.2, -0.15) is 18.0 Å². The van der Waals surface area contributed by atoms with Crippen molar-refractivity contribution in [2.45, 2.75) is 31.9 Å². The van der Waals surface area contributed by atoms with Gasteiger partial charge in [0.15, 0.2) is 5.65 Å². The number of nitrogens with one attached hydrogen (secondary N) is 1. The van der Waals surface area contributed by atoms with Gasteiger partial charge < -0.3 is 10.4 Å². The van der Waals surface area contributed by atoms with Gasteiger partial charge in [0.2, 0.25) is 0 Å². The Morgan fingerprint density at radius 1 is 1.26 bits per heavy atom. The number of fused-ring (bicyclic) bond motifs is 1. The molecule has 0 aliphatic heterocycles. The van der Waals surface area contributed by atoms with Crippen LogP contribution < -0.4 is 10.5 Å². The zero-order valence-electron chi connectivity index (χ0n) is 18.3. The summed E-state index contributed by atoms with van der Waals surface area (Å²) >= 11 is 1.62. The Morgan fingerprint density at radius 2 is 2.06 bits per heavy atom. The topological polar surface area (TPSA) is 145 Å². The molecule has 0 saturated heterocycles. The molecular weight excluding hydrogens is 476 g/mol. The van der Waals surface area contributed by atoms with E-state index in [-0.39, 0.29) is 18.6 Å². The summed E-state index contributed by atoms with van der Waals surface area (Å²) in [6.07, 6.45) is 1.95. The summed E-state index contributed by atoms with van der Waals surface area (Å²) < 4.78 is 28.5. The molecule has 12 heteroatoms. The number of aliphatic hydroxyl groups is 1. The molecule has 0 bridgehead atoms. The molecule has 1 saturated carbocycles.